The Morgan fingerprint density at radius 2 is 2.03 bits per heavy atom. The summed E-state index contributed by atoms with van der Waals surface area (Å²) in [5, 5.41) is 15.7. The Balaban J connectivity index is 1.83. The van der Waals surface area contributed by atoms with E-state index in [1.807, 2.05) is 6.07 Å². The molecular formula is C22H18FN5O2S. The van der Waals surface area contributed by atoms with Gasteiger partial charge in [-0.25, -0.2) is 16.8 Å². The SMILES string of the molecule is CNCc1cn(S(=O)(=O)c2cccnc2)c2cc(Nc3ccc(C#N)cc3F)ccc12. The van der Waals surface area contributed by atoms with Gasteiger partial charge in [-0.3, -0.25) is 4.98 Å². The van der Waals surface area contributed by atoms with Crippen LogP contribution in [0, 0.1) is 17.1 Å². The van der Waals surface area contributed by atoms with E-state index in [0.29, 0.717) is 17.7 Å². The summed E-state index contributed by atoms with van der Waals surface area (Å²) in [6.45, 7) is 0.475. The summed E-state index contributed by atoms with van der Waals surface area (Å²) in [5.74, 6) is -0.576. The van der Waals surface area contributed by atoms with Crippen LogP contribution in [0.5, 0.6) is 0 Å². The molecule has 0 saturated carbocycles. The molecular weight excluding hydrogens is 417 g/mol. The van der Waals surface area contributed by atoms with E-state index >= 15 is 0 Å². The molecule has 0 amide bonds. The molecule has 0 bridgehead atoms. The molecule has 0 spiro atoms. The minimum Gasteiger partial charge on any atom is -0.353 e. The Morgan fingerprint density at radius 1 is 1.19 bits per heavy atom. The topological polar surface area (TPSA) is 99.8 Å². The average Bonchev–Trinajstić information content (AvgIpc) is 3.14. The summed E-state index contributed by atoms with van der Waals surface area (Å²) in [7, 11) is -2.10. The molecule has 2 aromatic carbocycles. The van der Waals surface area contributed by atoms with Crippen molar-refractivity contribution in [1.82, 2.24) is 14.3 Å². The van der Waals surface area contributed by atoms with Crippen molar-refractivity contribution in [3.63, 3.8) is 0 Å². The van der Waals surface area contributed by atoms with Gasteiger partial charge in [0.1, 0.15) is 10.7 Å². The number of pyridine rings is 1. The number of hydrogen-bond donors (Lipinski definition) is 2. The van der Waals surface area contributed by atoms with E-state index in [1.165, 1.54) is 34.6 Å². The van der Waals surface area contributed by atoms with Crippen LogP contribution in [0.15, 0.2) is 72.0 Å². The Morgan fingerprint density at radius 3 is 2.71 bits per heavy atom. The van der Waals surface area contributed by atoms with Crippen LogP contribution in [0.1, 0.15) is 11.1 Å². The van der Waals surface area contributed by atoms with Crippen molar-refractivity contribution < 1.29 is 12.8 Å². The number of benzene rings is 2. The van der Waals surface area contributed by atoms with E-state index in [0.717, 1.165) is 17.0 Å². The summed E-state index contributed by atoms with van der Waals surface area (Å²) in [6.07, 6.45) is 4.39. The third kappa shape index (κ3) is 3.86. The summed E-state index contributed by atoms with van der Waals surface area (Å²) >= 11 is 0. The van der Waals surface area contributed by atoms with E-state index in [-0.39, 0.29) is 16.1 Å². The number of rotatable bonds is 6. The molecule has 4 aromatic rings. The lowest BCUT2D eigenvalue weighted by Crippen LogP contribution is -2.12. The Hall–Kier alpha value is -3.74. The third-order valence-electron chi connectivity index (χ3n) is 4.79. The van der Waals surface area contributed by atoms with Gasteiger partial charge in [0, 0.05) is 36.2 Å². The van der Waals surface area contributed by atoms with Crippen molar-refractivity contribution in [3.05, 3.63) is 84.1 Å². The first-order valence-electron chi connectivity index (χ1n) is 9.35. The highest BCUT2D eigenvalue weighted by Crippen LogP contribution is 2.30. The second-order valence-corrected chi connectivity index (χ2v) is 8.65. The van der Waals surface area contributed by atoms with Crippen molar-refractivity contribution in [2.45, 2.75) is 11.4 Å². The average molecular weight is 435 g/mol. The summed E-state index contributed by atoms with van der Waals surface area (Å²) in [6, 6.07) is 14.2. The number of nitrogens with one attached hydrogen (secondary N) is 2. The summed E-state index contributed by atoms with van der Waals surface area (Å²) in [4.78, 5) is 3.98. The molecule has 31 heavy (non-hydrogen) atoms. The van der Waals surface area contributed by atoms with Crippen molar-refractivity contribution >= 4 is 32.3 Å². The number of nitriles is 1. The molecule has 7 nitrogen and oxygen atoms in total. The first-order valence-corrected chi connectivity index (χ1v) is 10.8. The number of nitrogens with zero attached hydrogens (tertiary/aromatic N) is 3. The molecule has 0 aliphatic heterocycles. The predicted octanol–water partition coefficient (Wildman–Crippen LogP) is 3.75. The lowest BCUT2D eigenvalue weighted by Gasteiger charge is -2.10. The van der Waals surface area contributed by atoms with Crippen LogP contribution in [0.3, 0.4) is 0 Å². The molecule has 4 rings (SSSR count). The second-order valence-electron chi connectivity index (χ2n) is 6.84. The molecule has 0 aliphatic rings. The molecule has 2 heterocycles. The van der Waals surface area contributed by atoms with E-state index in [9.17, 15) is 12.8 Å². The second kappa shape index (κ2) is 8.18. The molecule has 2 aromatic heterocycles. The molecule has 0 unspecified atom stereocenters. The Kier molecular flexibility index (Phi) is 5.42. The van der Waals surface area contributed by atoms with Crippen LogP contribution in [-0.4, -0.2) is 24.4 Å². The first kappa shape index (κ1) is 20.5. The maximum atomic E-state index is 14.3. The number of anilines is 2. The molecule has 0 atom stereocenters. The molecule has 0 fully saturated rings. The van der Waals surface area contributed by atoms with Crippen molar-refractivity contribution in [3.8, 4) is 6.07 Å². The maximum absolute atomic E-state index is 14.3. The van der Waals surface area contributed by atoms with Gasteiger partial charge in [0.15, 0.2) is 0 Å². The fourth-order valence-electron chi connectivity index (χ4n) is 3.33. The highest BCUT2D eigenvalue weighted by Gasteiger charge is 2.21. The fraction of sp³-hybridized carbons (Fsp3) is 0.0909. The molecule has 0 radical (unpaired) electrons. The van der Waals surface area contributed by atoms with Gasteiger partial charge in [0.25, 0.3) is 10.0 Å². The van der Waals surface area contributed by atoms with Gasteiger partial charge in [0.2, 0.25) is 0 Å². The van der Waals surface area contributed by atoms with Gasteiger partial charge in [-0.05, 0) is 55.1 Å². The van der Waals surface area contributed by atoms with Gasteiger partial charge in [-0.15, -0.1) is 0 Å². The van der Waals surface area contributed by atoms with Crippen LogP contribution < -0.4 is 10.6 Å². The minimum atomic E-state index is -3.88. The van der Waals surface area contributed by atoms with E-state index in [4.69, 9.17) is 5.26 Å². The molecule has 0 saturated heterocycles. The Bertz CT molecular complexity index is 1410. The van der Waals surface area contributed by atoms with Gasteiger partial charge in [-0.2, -0.15) is 5.26 Å². The van der Waals surface area contributed by atoms with Crippen LogP contribution in [0.25, 0.3) is 10.9 Å². The Labute approximate surface area is 178 Å². The van der Waals surface area contributed by atoms with E-state index in [1.54, 1.807) is 37.5 Å². The lowest BCUT2D eigenvalue weighted by atomic mass is 10.1. The normalized spacial score (nSPS) is 11.4. The highest BCUT2D eigenvalue weighted by atomic mass is 32.2. The first-order chi connectivity index (χ1) is 14.9. The fourth-order valence-corrected chi connectivity index (χ4v) is 4.68. The van der Waals surface area contributed by atoms with Crippen LogP contribution in [0.4, 0.5) is 15.8 Å². The van der Waals surface area contributed by atoms with Crippen molar-refractivity contribution in [2.24, 2.45) is 0 Å². The zero-order chi connectivity index (χ0) is 22.0. The number of hydrogen-bond acceptors (Lipinski definition) is 6. The molecule has 0 aliphatic carbocycles. The molecule has 2 N–H and O–H groups in total. The highest BCUT2D eigenvalue weighted by molar-refractivity contribution is 7.90. The van der Waals surface area contributed by atoms with Crippen LogP contribution in [0.2, 0.25) is 0 Å². The number of aromatic nitrogens is 2. The van der Waals surface area contributed by atoms with Crippen LogP contribution >= 0.6 is 0 Å². The third-order valence-corrected chi connectivity index (χ3v) is 6.45. The largest absolute Gasteiger partial charge is 0.353 e. The zero-order valence-electron chi connectivity index (χ0n) is 16.5. The number of fused-ring (bicyclic) bond motifs is 1. The smallest absolute Gasteiger partial charge is 0.269 e. The van der Waals surface area contributed by atoms with Gasteiger partial charge in [0.05, 0.1) is 22.8 Å². The lowest BCUT2D eigenvalue weighted by molar-refractivity contribution is 0.588. The van der Waals surface area contributed by atoms with Gasteiger partial charge >= 0.3 is 0 Å². The van der Waals surface area contributed by atoms with Crippen molar-refractivity contribution in [2.75, 3.05) is 12.4 Å². The van der Waals surface area contributed by atoms with Gasteiger partial charge in [-0.1, -0.05) is 6.07 Å². The monoisotopic (exact) mass is 435 g/mol. The predicted molar refractivity (Wildman–Crippen MR) is 116 cm³/mol. The number of halogens is 1. The van der Waals surface area contributed by atoms with Gasteiger partial charge < -0.3 is 10.6 Å². The summed E-state index contributed by atoms with van der Waals surface area (Å²) < 4.78 is 42.0. The molecule has 156 valence electrons. The van der Waals surface area contributed by atoms with Crippen molar-refractivity contribution in [1.29, 1.82) is 5.26 Å². The molecule has 9 heteroatoms. The van der Waals surface area contributed by atoms with Crippen LogP contribution in [-0.2, 0) is 16.6 Å². The van der Waals surface area contributed by atoms with E-state index < -0.39 is 15.8 Å². The quantitative estimate of drug-likeness (QED) is 0.479. The standard InChI is InChI=1S/C22H18FN5O2S/c1-25-12-16-14-28(31(29,30)18-3-2-8-26-13-18)22-10-17(5-6-19(16)22)27-21-7-4-15(11-24)9-20(21)23/h2-10,13-14,25,27H,12H2,1H3. The maximum Gasteiger partial charge on any atom is 0.269 e. The minimum absolute atomic E-state index is 0.0689. The summed E-state index contributed by atoms with van der Waals surface area (Å²) in [5.41, 5.74) is 2.16. The van der Waals surface area contributed by atoms with E-state index in [2.05, 4.69) is 15.6 Å². The zero-order valence-corrected chi connectivity index (χ0v) is 17.3.